The summed E-state index contributed by atoms with van der Waals surface area (Å²) >= 11 is 5.99. The standard InChI is InChI=1S/C19H11ClF3N3O/c20-16-9-24-17-15(11-2-1-3-14(8-11)27-19(22)23)10-26(18(17)25-16)13-6-4-12(21)5-7-13/h1-10,19H. The number of aromatic nitrogens is 3. The summed E-state index contributed by atoms with van der Waals surface area (Å²) in [5.41, 5.74) is 2.92. The van der Waals surface area contributed by atoms with Crippen molar-refractivity contribution in [3.8, 4) is 22.6 Å². The van der Waals surface area contributed by atoms with Gasteiger partial charge in [-0.05, 0) is 42.0 Å². The van der Waals surface area contributed by atoms with E-state index in [9.17, 15) is 13.2 Å². The van der Waals surface area contributed by atoms with Gasteiger partial charge in [0.15, 0.2) is 5.65 Å². The summed E-state index contributed by atoms with van der Waals surface area (Å²) in [5.74, 6) is -0.330. The van der Waals surface area contributed by atoms with E-state index >= 15 is 0 Å². The Morgan fingerprint density at radius 2 is 1.85 bits per heavy atom. The lowest BCUT2D eigenvalue weighted by Gasteiger charge is -2.06. The van der Waals surface area contributed by atoms with E-state index in [0.29, 0.717) is 28.0 Å². The Hall–Kier alpha value is -3.06. The zero-order valence-electron chi connectivity index (χ0n) is 13.6. The lowest BCUT2D eigenvalue weighted by Crippen LogP contribution is -2.01. The first-order valence-electron chi connectivity index (χ1n) is 7.86. The molecule has 0 aliphatic heterocycles. The molecule has 0 radical (unpaired) electrons. The van der Waals surface area contributed by atoms with Crippen molar-refractivity contribution in [2.45, 2.75) is 6.61 Å². The van der Waals surface area contributed by atoms with Crippen molar-refractivity contribution in [1.82, 2.24) is 14.5 Å². The molecule has 4 nitrogen and oxygen atoms in total. The van der Waals surface area contributed by atoms with E-state index in [1.165, 1.54) is 30.5 Å². The van der Waals surface area contributed by atoms with Crippen LogP contribution in [0.3, 0.4) is 0 Å². The van der Waals surface area contributed by atoms with Crippen LogP contribution in [0.2, 0.25) is 5.15 Å². The molecule has 27 heavy (non-hydrogen) atoms. The molecule has 2 aromatic heterocycles. The summed E-state index contributed by atoms with van der Waals surface area (Å²) in [4.78, 5) is 8.65. The normalized spacial score (nSPS) is 11.3. The predicted octanol–water partition coefficient (Wildman–Crippen LogP) is 5.48. The number of halogens is 4. The minimum atomic E-state index is -2.92. The highest BCUT2D eigenvalue weighted by molar-refractivity contribution is 6.29. The maximum absolute atomic E-state index is 13.3. The lowest BCUT2D eigenvalue weighted by molar-refractivity contribution is -0.0498. The van der Waals surface area contributed by atoms with Crippen LogP contribution in [0.5, 0.6) is 5.75 Å². The summed E-state index contributed by atoms with van der Waals surface area (Å²) in [5, 5.41) is 0.199. The van der Waals surface area contributed by atoms with Gasteiger partial charge < -0.3 is 4.74 Å². The van der Waals surface area contributed by atoms with E-state index in [4.69, 9.17) is 11.6 Å². The Morgan fingerprint density at radius 1 is 1.07 bits per heavy atom. The molecule has 0 atom stereocenters. The van der Waals surface area contributed by atoms with E-state index in [2.05, 4.69) is 14.7 Å². The molecule has 0 aliphatic carbocycles. The lowest BCUT2D eigenvalue weighted by atomic mass is 10.1. The van der Waals surface area contributed by atoms with E-state index in [1.54, 1.807) is 35.0 Å². The second-order valence-electron chi connectivity index (χ2n) is 5.66. The molecule has 0 saturated heterocycles. The van der Waals surface area contributed by atoms with Crippen LogP contribution < -0.4 is 4.74 Å². The second-order valence-corrected chi connectivity index (χ2v) is 6.05. The van der Waals surface area contributed by atoms with Gasteiger partial charge in [-0.15, -0.1) is 0 Å². The minimum absolute atomic E-state index is 0.0344. The molecule has 0 aliphatic rings. The molecule has 0 saturated carbocycles. The number of alkyl halides is 2. The first-order chi connectivity index (χ1) is 13.0. The number of hydrogen-bond donors (Lipinski definition) is 0. The van der Waals surface area contributed by atoms with E-state index in [-0.39, 0.29) is 16.7 Å². The van der Waals surface area contributed by atoms with Gasteiger partial charge in [0.05, 0.1) is 6.20 Å². The van der Waals surface area contributed by atoms with Gasteiger partial charge in [0.2, 0.25) is 0 Å². The molecular formula is C19H11ClF3N3O. The number of ether oxygens (including phenoxy) is 1. The van der Waals surface area contributed by atoms with E-state index in [0.717, 1.165) is 0 Å². The number of fused-ring (bicyclic) bond motifs is 1. The van der Waals surface area contributed by atoms with Crippen molar-refractivity contribution in [2.75, 3.05) is 0 Å². The molecule has 2 aromatic carbocycles. The van der Waals surface area contributed by atoms with Crippen LogP contribution in [-0.2, 0) is 0 Å². The highest BCUT2D eigenvalue weighted by atomic mass is 35.5. The third kappa shape index (κ3) is 3.46. The molecule has 4 rings (SSSR count). The Kier molecular flexibility index (Phi) is 4.45. The summed E-state index contributed by atoms with van der Waals surface area (Å²) in [7, 11) is 0. The molecule has 0 bridgehead atoms. The fourth-order valence-corrected chi connectivity index (χ4v) is 2.95. The smallest absolute Gasteiger partial charge is 0.387 e. The molecular weight excluding hydrogens is 379 g/mol. The quantitative estimate of drug-likeness (QED) is 0.464. The first-order valence-corrected chi connectivity index (χ1v) is 8.24. The average Bonchev–Trinajstić information content (AvgIpc) is 3.01. The first kappa shape index (κ1) is 17.4. The molecule has 2 heterocycles. The molecule has 0 N–H and O–H groups in total. The topological polar surface area (TPSA) is 39.9 Å². The van der Waals surface area contributed by atoms with Gasteiger partial charge in [0.1, 0.15) is 22.2 Å². The van der Waals surface area contributed by atoms with Gasteiger partial charge in [0, 0.05) is 17.4 Å². The molecule has 0 fully saturated rings. The Balaban J connectivity index is 1.90. The number of nitrogens with zero attached hydrogens (tertiary/aromatic N) is 3. The third-order valence-corrected chi connectivity index (χ3v) is 4.12. The van der Waals surface area contributed by atoms with E-state index < -0.39 is 6.61 Å². The monoisotopic (exact) mass is 389 g/mol. The third-order valence-electron chi connectivity index (χ3n) is 3.94. The highest BCUT2D eigenvalue weighted by Crippen LogP contribution is 2.33. The Bertz CT molecular complexity index is 1110. The minimum Gasteiger partial charge on any atom is -0.435 e. The van der Waals surface area contributed by atoms with Crippen LogP contribution in [0.25, 0.3) is 28.0 Å². The zero-order valence-corrected chi connectivity index (χ0v) is 14.4. The van der Waals surface area contributed by atoms with Crippen molar-refractivity contribution >= 4 is 22.8 Å². The highest BCUT2D eigenvalue weighted by Gasteiger charge is 2.16. The number of hydrogen-bond acceptors (Lipinski definition) is 3. The maximum atomic E-state index is 13.3. The van der Waals surface area contributed by atoms with Gasteiger partial charge in [0.25, 0.3) is 0 Å². The van der Waals surface area contributed by atoms with Crippen LogP contribution in [0, 0.1) is 5.82 Å². The van der Waals surface area contributed by atoms with Gasteiger partial charge >= 0.3 is 6.61 Å². The molecule has 0 spiro atoms. The van der Waals surface area contributed by atoms with Crippen LogP contribution >= 0.6 is 11.6 Å². The summed E-state index contributed by atoms with van der Waals surface area (Å²) in [6, 6.07) is 12.1. The van der Waals surface area contributed by atoms with Crippen molar-refractivity contribution in [3.63, 3.8) is 0 Å². The van der Waals surface area contributed by atoms with Crippen molar-refractivity contribution in [1.29, 1.82) is 0 Å². The molecule has 0 unspecified atom stereocenters. The summed E-state index contributed by atoms with van der Waals surface area (Å²) in [6.07, 6.45) is 3.15. The predicted molar refractivity (Wildman–Crippen MR) is 95.9 cm³/mol. The second kappa shape index (κ2) is 6.92. The molecule has 0 amide bonds. The average molecular weight is 390 g/mol. The van der Waals surface area contributed by atoms with Crippen molar-refractivity contribution < 1.29 is 17.9 Å². The van der Waals surface area contributed by atoms with Crippen LogP contribution in [-0.4, -0.2) is 21.1 Å². The SMILES string of the molecule is Fc1ccc(-n2cc(-c3cccc(OC(F)F)c3)c3ncc(Cl)nc32)cc1. The maximum Gasteiger partial charge on any atom is 0.387 e. The largest absolute Gasteiger partial charge is 0.435 e. The Morgan fingerprint density at radius 3 is 2.59 bits per heavy atom. The number of rotatable bonds is 4. The molecule has 4 aromatic rings. The van der Waals surface area contributed by atoms with Gasteiger partial charge in [-0.3, -0.25) is 4.57 Å². The van der Waals surface area contributed by atoms with Crippen LogP contribution in [0.15, 0.2) is 60.9 Å². The fraction of sp³-hybridized carbons (Fsp3) is 0.0526. The summed E-state index contributed by atoms with van der Waals surface area (Å²) < 4.78 is 44.5. The van der Waals surface area contributed by atoms with Gasteiger partial charge in [-0.2, -0.15) is 8.78 Å². The van der Waals surface area contributed by atoms with Crippen molar-refractivity contribution in [2.24, 2.45) is 0 Å². The van der Waals surface area contributed by atoms with Crippen LogP contribution in [0.4, 0.5) is 13.2 Å². The fourth-order valence-electron chi connectivity index (χ4n) is 2.82. The molecule has 136 valence electrons. The van der Waals surface area contributed by atoms with Crippen LogP contribution in [0.1, 0.15) is 0 Å². The summed E-state index contributed by atoms with van der Waals surface area (Å²) in [6.45, 7) is -2.92. The zero-order chi connectivity index (χ0) is 19.0. The van der Waals surface area contributed by atoms with E-state index in [1.807, 2.05) is 0 Å². The molecule has 8 heteroatoms. The van der Waals surface area contributed by atoms with Gasteiger partial charge in [-0.25, -0.2) is 14.4 Å². The Labute approximate surface area is 156 Å². The van der Waals surface area contributed by atoms with Gasteiger partial charge in [-0.1, -0.05) is 23.7 Å². The number of benzene rings is 2. The van der Waals surface area contributed by atoms with Crippen molar-refractivity contribution in [3.05, 3.63) is 71.9 Å².